The molecule has 0 N–H and O–H groups in total. The van der Waals surface area contributed by atoms with E-state index < -0.39 is 5.60 Å². The average Bonchev–Trinajstić information content (AvgIpc) is 2.68. The molecule has 3 rings (SSSR count). The SMILES string of the molecule is Cc1nn(C)c(C)c1C1=CC2CCCC(C1)N2C(=O)OC(C)(C)C. The van der Waals surface area contributed by atoms with Gasteiger partial charge in [0.05, 0.1) is 11.7 Å². The minimum Gasteiger partial charge on any atom is -0.444 e. The maximum absolute atomic E-state index is 12.7. The summed E-state index contributed by atoms with van der Waals surface area (Å²) in [7, 11) is 1.99. The van der Waals surface area contributed by atoms with Crippen molar-refractivity contribution < 1.29 is 9.53 Å². The molecule has 2 bridgehead atoms. The molecule has 0 radical (unpaired) electrons. The smallest absolute Gasteiger partial charge is 0.411 e. The molecule has 1 amide bonds. The molecule has 24 heavy (non-hydrogen) atoms. The van der Waals surface area contributed by atoms with Crippen molar-refractivity contribution in [3.8, 4) is 0 Å². The van der Waals surface area contributed by atoms with Crippen LogP contribution in [0, 0.1) is 13.8 Å². The van der Waals surface area contributed by atoms with Gasteiger partial charge in [-0.2, -0.15) is 5.10 Å². The Balaban J connectivity index is 1.92. The van der Waals surface area contributed by atoms with Crippen LogP contribution in [0.25, 0.3) is 5.57 Å². The van der Waals surface area contributed by atoms with Gasteiger partial charge >= 0.3 is 6.09 Å². The van der Waals surface area contributed by atoms with Gasteiger partial charge in [0.15, 0.2) is 0 Å². The van der Waals surface area contributed by atoms with Crippen LogP contribution in [0.2, 0.25) is 0 Å². The molecule has 5 nitrogen and oxygen atoms in total. The van der Waals surface area contributed by atoms with Crippen LogP contribution >= 0.6 is 0 Å². The van der Waals surface area contributed by atoms with E-state index in [1.807, 2.05) is 37.4 Å². The van der Waals surface area contributed by atoms with Crippen molar-refractivity contribution in [1.82, 2.24) is 14.7 Å². The standard InChI is InChI=1S/C19H29N3O2/c1-12-17(13(2)21(6)20-12)14-10-15-8-7-9-16(11-14)22(15)18(23)24-19(3,4)5/h10,15-16H,7-9,11H2,1-6H3. The van der Waals surface area contributed by atoms with Gasteiger partial charge in [-0.05, 0) is 65.9 Å². The van der Waals surface area contributed by atoms with Crippen LogP contribution in [0.5, 0.6) is 0 Å². The lowest BCUT2D eigenvalue weighted by Crippen LogP contribution is -2.53. The predicted octanol–water partition coefficient (Wildman–Crippen LogP) is 3.98. The first-order chi connectivity index (χ1) is 11.2. The lowest BCUT2D eigenvalue weighted by molar-refractivity contribution is 0.0000855. The first-order valence-corrected chi connectivity index (χ1v) is 8.90. The third-order valence-electron chi connectivity index (χ3n) is 5.07. The van der Waals surface area contributed by atoms with Crippen LogP contribution in [-0.2, 0) is 11.8 Å². The fraction of sp³-hybridized carbons (Fsp3) is 0.684. The number of hydrogen-bond acceptors (Lipinski definition) is 3. The molecular weight excluding hydrogens is 302 g/mol. The highest BCUT2D eigenvalue weighted by Crippen LogP contribution is 2.39. The summed E-state index contributed by atoms with van der Waals surface area (Å²) in [6.07, 6.45) is 6.22. The van der Waals surface area contributed by atoms with E-state index in [1.54, 1.807) is 0 Å². The Bertz CT molecular complexity index is 682. The van der Waals surface area contributed by atoms with E-state index in [0.29, 0.717) is 0 Å². The van der Waals surface area contributed by atoms with Crippen molar-refractivity contribution >= 4 is 11.7 Å². The zero-order chi connectivity index (χ0) is 17.6. The van der Waals surface area contributed by atoms with Crippen LogP contribution in [-0.4, -0.2) is 38.5 Å². The van der Waals surface area contributed by atoms with Crippen LogP contribution in [0.4, 0.5) is 4.79 Å². The van der Waals surface area contributed by atoms with Crippen molar-refractivity contribution in [1.29, 1.82) is 0 Å². The minimum absolute atomic E-state index is 0.140. The van der Waals surface area contributed by atoms with Gasteiger partial charge in [0.1, 0.15) is 5.60 Å². The number of ether oxygens (including phenoxy) is 1. The highest BCUT2D eigenvalue weighted by Gasteiger charge is 2.40. The van der Waals surface area contributed by atoms with Crippen LogP contribution < -0.4 is 0 Å². The van der Waals surface area contributed by atoms with Crippen LogP contribution in [0.15, 0.2) is 6.08 Å². The van der Waals surface area contributed by atoms with Crippen molar-refractivity contribution in [2.75, 3.05) is 0 Å². The van der Waals surface area contributed by atoms with Gasteiger partial charge < -0.3 is 4.74 Å². The number of nitrogens with zero attached hydrogens (tertiary/aromatic N) is 3. The van der Waals surface area contributed by atoms with Crippen molar-refractivity contribution in [3.05, 3.63) is 23.0 Å². The molecule has 1 fully saturated rings. The lowest BCUT2D eigenvalue weighted by Gasteiger charge is -2.45. The van der Waals surface area contributed by atoms with Gasteiger partial charge in [-0.1, -0.05) is 6.08 Å². The fourth-order valence-corrected chi connectivity index (χ4v) is 4.05. The van der Waals surface area contributed by atoms with E-state index in [1.165, 1.54) is 23.3 Å². The summed E-state index contributed by atoms with van der Waals surface area (Å²) in [5.41, 5.74) is 4.42. The molecular formula is C19H29N3O2. The largest absolute Gasteiger partial charge is 0.444 e. The number of rotatable bonds is 1. The van der Waals surface area contributed by atoms with Gasteiger partial charge in [-0.15, -0.1) is 0 Å². The molecule has 1 aromatic rings. The summed E-state index contributed by atoms with van der Waals surface area (Å²) in [5, 5.41) is 4.55. The fourth-order valence-electron chi connectivity index (χ4n) is 4.05. The minimum atomic E-state index is -0.452. The van der Waals surface area contributed by atoms with E-state index in [9.17, 15) is 4.79 Å². The summed E-state index contributed by atoms with van der Waals surface area (Å²) >= 11 is 0. The number of piperidine rings is 1. The van der Waals surface area contributed by atoms with Gasteiger partial charge in [0, 0.05) is 24.3 Å². The van der Waals surface area contributed by atoms with Gasteiger partial charge in [-0.3, -0.25) is 9.58 Å². The highest BCUT2D eigenvalue weighted by molar-refractivity contribution is 5.76. The molecule has 0 aromatic carbocycles. The number of carbonyl (C=O) groups excluding carboxylic acids is 1. The maximum atomic E-state index is 12.7. The molecule has 2 unspecified atom stereocenters. The van der Waals surface area contributed by atoms with E-state index in [2.05, 4.69) is 25.0 Å². The number of aryl methyl sites for hydroxylation is 2. The molecule has 1 saturated heterocycles. The van der Waals surface area contributed by atoms with E-state index in [4.69, 9.17) is 4.74 Å². The number of hydrogen-bond donors (Lipinski definition) is 0. The first-order valence-electron chi connectivity index (χ1n) is 8.90. The van der Waals surface area contributed by atoms with E-state index >= 15 is 0 Å². The predicted molar refractivity (Wildman–Crippen MR) is 94.8 cm³/mol. The Kier molecular flexibility index (Phi) is 4.22. The van der Waals surface area contributed by atoms with Crippen molar-refractivity contribution in [2.24, 2.45) is 7.05 Å². The Labute approximate surface area is 144 Å². The number of aromatic nitrogens is 2. The van der Waals surface area contributed by atoms with Crippen LogP contribution in [0.3, 0.4) is 0 Å². The zero-order valence-corrected chi connectivity index (χ0v) is 15.7. The Morgan fingerprint density at radius 1 is 1.29 bits per heavy atom. The van der Waals surface area contributed by atoms with Gasteiger partial charge in [0.2, 0.25) is 0 Å². The molecule has 2 atom stereocenters. The monoisotopic (exact) mass is 331 g/mol. The molecule has 0 saturated carbocycles. The van der Waals surface area contributed by atoms with Crippen LogP contribution in [0.1, 0.15) is 63.4 Å². The van der Waals surface area contributed by atoms with Gasteiger partial charge in [-0.25, -0.2) is 4.79 Å². The summed E-state index contributed by atoms with van der Waals surface area (Å²) in [6, 6.07) is 0.374. The number of fused-ring (bicyclic) bond motifs is 2. The Morgan fingerprint density at radius 3 is 2.54 bits per heavy atom. The third-order valence-corrected chi connectivity index (χ3v) is 5.07. The highest BCUT2D eigenvalue weighted by atomic mass is 16.6. The second-order valence-electron chi connectivity index (χ2n) is 8.11. The zero-order valence-electron chi connectivity index (χ0n) is 15.7. The molecule has 2 aliphatic heterocycles. The van der Waals surface area contributed by atoms with E-state index in [0.717, 1.165) is 25.0 Å². The Hall–Kier alpha value is -1.78. The summed E-state index contributed by atoms with van der Waals surface area (Å²) in [4.78, 5) is 14.6. The Morgan fingerprint density at radius 2 is 2.00 bits per heavy atom. The number of amides is 1. The second kappa shape index (κ2) is 5.94. The normalized spacial score (nSPS) is 23.9. The van der Waals surface area contributed by atoms with Gasteiger partial charge in [0.25, 0.3) is 0 Å². The summed E-state index contributed by atoms with van der Waals surface area (Å²) in [6.45, 7) is 9.96. The maximum Gasteiger partial charge on any atom is 0.411 e. The molecule has 1 aromatic heterocycles. The number of carbonyl (C=O) groups is 1. The summed E-state index contributed by atoms with van der Waals surface area (Å²) < 4.78 is 7.59. The first kappa shape index (κ1) is 17.1. The molecule has 3 heterocycles. The molecule has 0 spiro atoms. The third kappa shape index (κ3) is 3.08. The molecule has 0 aliphatic carbocycles. The molecule has 132 valence electrons. The van der Waals surface area contributed by atoms with Crippen molar-refractivity contribution in [2.45, 2.75) is 78.0 Å². The quantitative estimate of drug-likeness (QED) is 0.782. The van der Waals surface area contributed by atoms with E-state index in [-0.39, 0.29) is 18.2 Å². The molecule has 5 heteroatoms. The average molecular weight is 331 g/mol. The molecule has 2 aliphatic rings. The second-order valence-corrected chi connectivity index (χ2v) is 8.11. The topological polar surface area (TPSA) is 47.4 Å². The van der Waals surface area contributed by atoms with Crippen molar-refractivity contribution in [3.63, 3.8) is 0 Å². The summed E-state index contributed by atoms with van der Waals surface area (Å²) in [5.74, 6) is 0. The lowest BCUT2D eigenvalue weighted by atomic mass is 9.82.